The number of hydrogen-bond acceptors (Lipinski definition) is 0. The van der Waals surface area contributed by atoms with E-state index in [0.29, 0.717) is 0 Å². The van der Waals surface area contributed by atoms with Crippen LogP contribution in [0.5, 0.6) is 0 Å². The van der Waals surface area contributed by atoms with E-state index in [1.807, 2.05) is 0 Å². The van der Waals surface area contributed by atoms with Crippen LogP contribution in [0.1, 0.15) is 0 Å². The summed E-state index contributed by atoms with van der Waals surface area (Å²) in [4.78, 5) is 0. The van der Waals surface area contributed by atoms with Gasteiger partial charge < -0.3 is 0 Å². The molecular formula is H2CoCrMgNiW. The zero-order chi connectivity index (χ0) is 0. The summed E-state index contributed by atoms with van der Waals surface area (Å²) in [6.45, 7) is 0. The first-order valence-electron chi connectivity index (χ1n) is 0. The van der Waals surface area contributed by atoms with Crippen LogP contribution >= 0.6 is 0 Å². The average molecular weight is 380 g/mol. The molecule has 1 radical (unpaired) electrons. The molecule has 0 saturated carbocycles. The summed E-state index contributed by atoms with van der Waals surface area (Å²) < 4.78 is 0. The minimum absolute atomic E-state index is 0. The van der Waals surface area contributed by atoms with Gasteiger partial charge in [-0.2, -0.15) is 0 Å². The minimum Gasteiger partial charge on any atom is 0 e. The smallest absolute Gasteiger partial charge is 0 e. The summed E-state index contributed by atoms with van der Waals surface area (Å²) in [6, 6.07) is 0. The van der Waals surface area contributed by atoms with E-state index in [1.165, 1.54) is 0 Å². The Kier molecular flexibility index (Phi) is 245. The average Bonchev–Trinajstić information content (AvgIpc) is 0. The molecular weight excluding hydrogens is 378 g/mol. The Balaban J connectivity index is 0. The maximum absolute atomic E-state index is 0. The molecule has 0 unspecified atom stereocenters. The molecule has 0 nitrogen and oxygen atoms in total. The van der Waals surface area contributed by atoms with Crippen molar-refractivity contribution in [2.45, 2.75) is 0 Å². The third-order valence-corrected chi connectivity index (χ3v) is 0. The Hall–Kier alpha value is 2.99. The van der Waals surface area contributed by atoms with Crippen LogP contribution in [0.25, 0.3) is 0 Å². The summed E-state index contributed by atoms with van der Waals surface area (Å²) in [5.41, 5.74) is 0. The molecule has 0 aliphatic rings. The Morgan fingerprint density at radius 3 is 1.00 bits per heavy atom. The first-order valence-corrected chi connectivity index (χ1v) is 0. The zero-order valence-corrected chi connectivity index (χ0v) is 7.70. The fourth-order valence-corrected chi connectivity index (χ4v) is 0. The van der Waals surface area contributed by atoms with Gasteiger partial charge in [0.15, 0.2) is 0 Å². The summed E-state index contributed by atoms with van der Waals surface area (Å²) in [5.74, 6) is 0. The zero-order valence-electron chi connectivity index (χ0n) is 1.47. The Labute approximate surface area is 93.3 Å². The van der Waals surface area contributed by atoms with Gasteiger partial charge in [-0.3, -0.25) is 0 Å². The van der Waals surface area contributed by atoms with Crippen LogP contribution in [0.2, 0.25) is 0 Å². The molecule has 0 saturated heterocycles. The maximum atomic E-state index is 0. The van der Waals surface area contributed by atoms with Crippen molar-refractivity contribution in [2.24, 2.45) is 0 Å². The van der Waals surface area contributed by atoms with Crippen molar-refractivity contribution in [2.75, 3.05) is 0 Å². The molecule has 5 heteroatoms. The van der Waals surface area contributed by atoms with E-state index in [2.05, 4.69) is 0 Å². The summed E-state index contributed by atoms with van der Waals surface area (Å²) in [5, 5.41) is 0. The van der Waals surface area contributed by atoms with Crippen molar-refractivity contribution in [3.05, 3.63) is 0 Å². The van der Waals surface area contributed by atoms with Gasteiger partial charge in [0.1, 0.15) is 0 Å². The van der Waals surface area contributed by atoms with Crippen LogP contribution < -0.4 is 0 Å². The molecule has 0 amide bonds. The largest absolute Gasteiger partial charge is 0.316 e. The first-order chi connectivity index (χ1) is 0. The van der Waals surface area contributed by atoms with Gasteiger partial charge in [-0.15, -0.1) is 0 Å². The van der Waals surface area contributed by atoms with E-state index in [4.69, 9.17) is 0 Å². The van der Waals surface area contributed by atoms with Crippen LogP contribution in [0.3, 0.4) is 0 Å². The molecule has 0 N–H and O–H groups in total. The number of rotatable bonds is 0. The molecule has 5 heavy (non-hydrogen) atoms. The molecule has 0 heterocycles. The Morgan fingerprint density at radius 2 is 1.00 bits per heavy atom. The van der Waals surface area contributed by atoms with E-state index in [-0.39, 0.29) is 94.7 Å². The third-order valence-electron chi connectivity index (χ3n) is 0. The standard InChI is InChI=1S/Co.Cr.Mg.Ni.W.2H. The van der Waals surface area contributed by atoms with Crippen LogP contribution in [-0.2, 0) is 71.7 Å². The molecule has 35 valence electrons. The Morgan fingerprint density at radius 1 is 1.00 bits per heavy atom. The van der Waals surface area contributed by atoms with E-state index < -0.39 is 0 Å². The molecule has 0 fully saturated rings. The fourth-order valence-electron chi connectivity index (χ4n) is 0. The normalized spacial score (nSPS) is 0. The molecule has 0 aromatic heterocycles. The summed E-state index contributed by atoms with van der Waals surface area (Å²) >= 11 is 0. The molecule has 0 aliphatic carbocycles. The predicted octanol–water partition coefficient (Wildman–Crippen LogP) is -0.926. The second kappa shape index (κ2) is 28.1. The third kappa shape index (κ3) is 19.5. The van der Waals surface area contributed by atoms with E-state index in [0.717, 1.165) is 0 Å². The molecule has 0 spiro atoms. The van der Waals surface area contributed by atoms with Gasteiger partial charge in [0.05, 0.1) is 0 Å². The van der Waals surface area contributed by atoms with E-state index in [9.17, 15) is 0 Å². The SMILES string of the molecule is [Co].[Cr].[MgH2].[Ni].[W]. The van der Waals surface area contributed by atoms with Gasteiger partial charge in [-0.25, -0.2) is 0 Å². The van der Waals surface area contributed by atoms with Gasteiger partial charge in [0, 0.05) is 71.7 Å². The quantitative estimate of drug-likeness (QED) is 0.477. The molecule has 0 rings (SSSR count). The van der Waals surface area contributed by atoms with Gasteiger partial charge in [0.2, 0.25) is 0 Å². The van der Waals surface area contributed by atoms with Crippen LogP contribution in [-0.4, -0.2) is 23.1 Å². The summed E-state index contributed by atoms with van der Waals surface area (Å²) in [6.07, 6.45) is 0. The predicted molar refractivity (Wildman–Crippen MR) is 8.54 cm³/mol. The molecule has 0 atom stereocenters. The molecule has 0 aliphatic heterocycles. The van der Waals surface area contributed by atoms with Gasteiger partial charge in [-0.1, -0.05) is 0 Å². The van der Waals surface area contributed by atoms with Crippen LogP contribution in [0, 0.1) is 0 Å². The van der Waals surface area contributed by atoms with Crippen molar-refractivity contribution >= 4 is 23.1 Å². The van der Waals surface area contributed by atoms with Gasteiger partial charge in [-0.05, 0) is 0 Å². The van der Waals surface area contributed by atoms with Crippen LogP contribution in [0.15, 0.2) is 0 Å². The second-order valence-electron chi connectivity index (χ2n) is 0. The molecule has 0 aromatic carbocycles. The fraction of sp³-hybridized carbons (Fsp3) is 0. The molecule has 0 bridgehead atoms. The molecule has 0 aromatic rings. The van der Waals surface area contributed by atoms with E-state index in [1.54, 1.807) is 0 Å². The number of hydrogen-bond donors (Lipinski definition) is 0. The minimum atomic E-state index is 0. The topological polar surface area (TPSA) is 0 Å². The van der Waals surface area contributed by atoms with Crippen LogP contribution in [0.4, 0.5) is 0 Å². The second-order valence-corrected chi connectivity index (χ2v) is 0. The van der Waals surface area contributed by atoms with Crippen molar-refractivity contribution in [1.29, 1.82) is 0 Å². The van der Waals surface area contributed by atoms with Gasteiger partial charge in [0.25, 0.3) is 0 Å². The van der Waals surface area contributed by atoms with Crippen molar-refractivity contribution < 1.29 is 71.7 Å². The van der Waals surface area contributed by atoms with E-state index >= 15 is 0 Å². The summed E-state index contributed by atoms with van der Waals surface area (Å²) in [7, 11) is 0. The Bertz CT molecular complexity index is 11.6. The first kappa shape index (κ1) is 43.7. The van der Waals surface area contributed by atoms with Crippen molar-refractivity contribution in [3.63, 3.8) is 0 Å². The van der Waals surface area contributed by atoms with Crippen molar-refractivity contribution in [1.82, 2.24) is 0 Å². The van der Waals surface area contributed by atoms with Gasteiger partial charge >= 0.3 is 23.1 Å². The monoisotopic (exact) mass is 379 g/mol. The maximum Gasteiger partial charge on any atom is 0.316 e. The van der Waals surface area contributed by atoms with Crippen molar-refractivity contribution in [3.8, 4) is 0 Å².